The molecule has 2 aromatic carbocycles. The van der Waals surface area contributed by atoms with Crippen molar-refractivity contribution in [3.8, 4) is 6.07 Å². The van der Waals surface area contributed by atoms with Crippen LogP contribution in [-0.2, 0) is 16.1 Å². The van der Waals surface area contributed by atoms with Crippen molar-refractivity contribution >= 4 is 23.2 Å². The van der Waals surface area contributed by atoms with Crippen LogP contribution in [0.15, 0.2) is 48.5 Å². The maximum Gasteiger partial charge on any atom is 0.238 e. The van der Waals surface area contributed by atoms with Crippen molar-refractivity contribution in [3.05, 3.63) is 64.7 Å². The monoisotopic (exact) mass is 383 g/mol. The molecule has 6 heteroatoms. The van der Waals surface area contributed by atoms with Crippen LogP contribution in [0.1, 0.15) is 24.0 Å². The van der Waals surface area contributed by atoms with Gasteiger partial charge in [-0.3, -0.25) is 9.69 Å². The zero-order valence-electron chi connectivity index (χ0n) is 15.0. The number of hydrogen-bond donors (Lipinski definition) is 1. The lowest BCUT2D eigenvalue weighted by Crippen LogP contribution is -2.37. The van der Waals surface area contributed by atoms with Crippen LogP contribution in [0.2, 0.25) is 5.02 Å². The molecule has 2 aromatic rings. The van der Waals surface area contributed by atoms with E-state index >= 15 is 0 Å². The third-order valence-corrected chi connectivity index (χ3v) is 4.79. The molecule has 1 fully saturated rings. The molecule has 0 spiro atoms. The Morgan fingerprint density at radius 1 is 1.30 bits per heavy atom. The van der Waals surface area contributed by atoms with Crippen LogP contribution < -0.4 is 5.32 Å². The number of benzene rings is 2. The lowest BCUT2D eigenvalue weighted by Gasteiger charge is -2.24. The summed E-state index contributed by atoms with van der Waals surface area (Å²) in [5.74, 6) is -0.121. The minimum atomic E-state index is -0.121. The predicted octanol–water partition coefficient (Wildman–Crippen LogP) is 3.83. The fraction of sp³-hybridized carbons (Fsp3) is 0.333. The van der Waals surface area contributed by atoms with Gasteiger partial charge in [0.2, 0.25) is 5.91 Å². The lowest BCUT2D eigenvalue weighted by atomic mass is 10.2. The van der Waals surface area contributed by atoms with Crippen molar-refractivity contribution in [1.29, 1.82) is 5.26 Å². The molecular weight excluding hydrogens is 362 g/mol. The van der Waals surface area contributed by atoms with Gasteiger partial charge in [-0.25, -0.2) is 0 Å². The number of nitrogens with one attached hydrogen (secondary N) is 1. The highest BCUT2D eigenvalue weighted by Crippen LogP contribution is 2.20. The Balaban J connectivity index is 1.64. The van der Waals surface area contributed by atoms with Gasteiger partial charge in [0.15, 0.2) is 0 Å². The van der Waals surface area contributed by atoms with Gasteiger partial charge in [0, 0.05) is 25.4 Å². The molecule has 5 nitrogen and oxygen atoms in total. The average molecular weight is 384 g/mol. The number of ether oxygens (including phenoxy) is 1. The molecule has 1 aliphatic rings. The Hall–Kier alpha value is -2.39. The zero-order chi connectivity index (χ0) is 19.1. The molecule has 1 heterocycles. The first-order chi connectivity index (χ1) is 13.1. The van der Waals surface area contributed by atoms with Crippen LogP contribution in [-0.4, -0.2) is 36.6 Å². The van der Waals surface area contributed by atoms with Crippen LogP contribution in [0, 0.1) is 11.3 Å². The highest BCUT2D eigenvalue weighted by atomic mass is 35.5. The SMILES string of the molecule is N#Cc1ccc(NC(=O)CN(Cc2ccccc2)CC2CCCO2)cc1Cl. The Bertz CT molecular complexity index is 814. The number of amides is 1. The van der Waals surface area contributed by atoms with Crippen molar-refractivity contribution in [3.63, 3.8) is 0 Å². The van der Waals surface area contributed by atoms with E-state index in [1.165, 1.54) is 0 Å². The number of carbonyl (C=O) groups is 1. The van der Waals surface area contributed by atoms with E-state index in [0.29, 0.717) is 22.8 Å². The number of nitriles is 1. The van der Waals surface area contributed by atoms with E-state index in [9.17, 15) is 4.79 Å². The topological polar surface area (TPSA) is 65.4 Å². The van der Waals surface area contributed by atoms with Gasteiger partial charge >= 0.3 is 0 Å². The molecule has 1 saturated heterocycles. The largest absolute Gasteiger partial charge is 0.377 e. The lowest BCUT2D eigenvalue weighted by molar-refractivity contribution is -0.117. The van der Waals surface area contributed by atoms with Crippen molar-refractivity contribution < 1.29 is 9.53 Å². The molecule has 1 amide bonds. The molecule has 1 unspecified atom stereocenters. The first-order valence-corrected chi connectivity index (χ1v) is 9.39. The minimum absolute atomic E-state index is 0.121. The van der Waals surface area contributed by atoms with E-state index in [0.717, 1.165) is 31.6 Å². The van der Waals surface area contributed by atoms with Crippen molar-refractivity contribution in [2.24, 2.45) is 0 Å². The number of carbonyl (C=O) groups excluding carboxylic acids is 1. The smallest absolute Gasteiger partial charge is 0.238 e. The summed E-state index contributed by atoms with van der Waals surface area (Å²) in [5, 5.41) is 12.1. The van der Waals surface area contributed by atoms with Gasteiger partial charge in [-0.15, -0.1) is 0 Å². The summed E-state index contributed by atoms with van der Waals surface area (Å²) in [5.41, 5.74) is 2.13. The van der Waals surface area contributed by atoms with E-state index in [4.69, 9.17) is 21.6 Å². The molecule has 0 aromatic heterocycles. The van der Waals surface area contributed by atoms with Crippen molar-refractivity contribution in [2.45, 2.75) is 25.5 Å². The Labute approximate surface area is 164 Å². The van der Waals surface area contributed by atoms with Crippen molar-refractivity contribution in [1.82, 2.24) is 4.90 Å². The minimum Gasteiger partial charge on any atom is -0.377 e. The van der Waals surface area contributed by atoms with Crippen LogP contribution in [0.4, 0.5) is 5.69 Å². The van der Waals surface area contributed by atoms with Gasteiger partial charge in [0.1, 0.15) is 6.07 Å². The Kier molecular flexibility index (Phi) is 6.83. The molecule has 3 rings (SSSR count). The van der Waals surface area contributed by atoms with Crippen LogP contribution >= 0.6 is 11.6 Å². The molecule has 27 heavy (non-hydrogen) atoms. The van der Waals surface area contributed by atoms with Gasteiger partial charge < -0.3 is 10.1 Å². The number of hydrogen-bond acceptors (Lipinski definition) is 4. The predicted molar refractivity (Wildman–Crippen MR) is 105 cm³/mol. The third-order valence-electron chi connectivity index (χ3n) is 4.48. The highest BCUT2D eigenvalue weighted by Gasteiger charge is 2.21. The van der Waals surface area contributed by atoms with Crippen LogP contribution in [0.25, 0.3) is 0 Å². The summed E-state index contributed by atoms with van der Waals surface area (Å²) in [6.45, 7) is 2.45. The normalized spacial score (nSPS) is 16.3. The fourth-order valence-electron chi connectivity index (χ4n) is 3.19. The average Bonchev–Trinajstić information content (AvgIpc) is 3.15. The second kappa shape index (κ2) is 9.52. The van der Waals surface area contributed by atoms with Crippen LogP contribution in [0.3, 0.4) is 0 Å². The fourth-order valence-corrected chi connectivity index (χ4v) is 3.41. The summed E-state index contributed by atoms with van der Waals surface area (Å²) in [7, 11) is 0. The molecule has 1 aliphatic heterocycles. The highest BCUT2D eigenvalue weighted by molar-refractivity contribution is 6.32. The summed E-state index contributed by atoms with van der Waals surface area (Å²) in [6, 6.07) is 17.0. The zero-order valence-corrected chi connectivity index (χ0v) is 15.8. The second-order valence-corrected chi connectivity index (χ2v) is 7.05. The molecule has 1 N–H and O–H groups in total. The molecule has 0 radical (unpaired) electrons. The molecule has 0 saturated carbocycles. The molecule has 0 bridgehead atoms. The summed E-state index contributed by atoms with van der Waals surface area (Å²) < 4.78 is 5.74. The summed E-state index contributed by atoms with van der Waals surface area (Å²) in [6.07, 6.45) is 2.27. The number of nitrogens with zero attached hydrogens (tertiary/aromatic N) is 2. The van der Waals surface area contributed by atoms with Crippen molar-refractivity contribution in [2.75, 3.05) is 25.0 Å². The molecule has 140 valence electrons. The number of rotatable bonds is 7. The van der Waals surface area contributed by atoms with E-state index < -0.39 is 0 Å². The first kappa shape index (κ1) is 19.4. The molecule has 1 atom stereocenters. The number of anilines is 1. The summed E-state index contributed by atoms with van der Waals surface area (Å²) >= 11 is 6.04. The standard InChI is InChI=1S/C21H22ClN3O2/c22-20-11-18(9-8-17(20)12-23)24-21(26)15-25(14-19-7-4-10-27-19)13-16-5-2-1-3-6-16/h1-3,5-6,8-9,11,19H,4,7,10,13-15H2,(H,24,26). The first-order valence-electron chi connectivity index (χ1n) is 9.01. The number of halogens is 1. The molecule has 0 aliphatic carbocycles. The van der Waals surface area contributed by atoms with Gasteiger partial charge in [-0.05, 0) is 36.6 Å². The van der Waals surface area contributed by atoms with Gasteiger partial charge in [-0.1, -0.05) is 41.9 Å². The Morgan fingerprint density at radius 3 is 2.78 bits per heavy atom. The van der Waals surface area contributed by atoms with E-state index in [2.05, 4.69) is 22.3 Å². The summed E-state index contributed by atoms with van der Waals surface area (Å²) in [4.78, 5) is 14.7. The van der Waals surface area contributed by atoms with Gasteiger partial charge in [0.05, 0.1) is 23.2 Å². The van der Waals surface area contributed by atoms with E-state index in [1.54, 1.807) is 18.2 Å². The second-order valence-electron chi connectivity index (χ2n) is 6.64. The Morgan fingerprint density at radius 2 is 2.11 bits per heavy atom. The van der Waals surface area contributed by atoms with E-state index in [1.807, 2.05) is 24.3 Å². The van der Waals surface area contributed by atoms with E-state index in [-0.39, 0.29) is 18.6 Å². The quantitative estimate of drug-likeness (QED) is 0.789. The molecular formula is C21H22ClN3O2. The van der Waals surface area contributed by atoms with Gasteiger partial charge in [-0.2, -0.15) is 5.26 Å². The van der Waals surface area contributed by atoms with Crippen LogP contribution in [0.5, 0.6) is 0 Å². The maximum absolute atomic E-state index is 12.6. The van der Waals surface area contributed by atoms with Gasteiger partial charge in [0.25, 0.3) is 0 Å². The maximum atomic E-state index is 12.6. The third kappa shape index (κ3) is 5.80.